The maximum Gasteiger partial charge on any atom is 0.295 e. The third-order valence-corrected chi connectivity index (χ3v) is 13.7. The van der Waals surface area contributed by atoms with Crippen molar-refractivity contribution >= 4 is 22.1 Å². The van der Waals surface area contributed by atoms with Crippen LogP contribution in [0.3, 0.4) is 0 Å². The zero-order chi connectivity index (χ0) is 44.3. The van der Waals surface area contributed by atoms with Gasteiger partial charge in [0.25, 0.3) is 11.6 Å². The van der Waals surface area contributed by atoms with E-state index in [0.29, 0.717) is 30.1 Å². The van der Waals surface area contributed by atoms with E-state index in [2.05, 4.69) is 214 Å². The fraction of sp³-hybridized carbons (Fsp3) is 0.333. The van der Waals surface area contributed by atoms with E-state index >= 15 is 0 Å². The Morgan fingerprint density at radius 1 is 0.492 bits per heavy atom. The average molecular weight is 837 g/mol. The third-order valence-electron chi connectivity index (χ3n) is 13.7. The lowest BCUT2D eigenvalue weighted by Gasteiger charge is -2.34. The van der Waals surface area contributed by atoms with Crippen LogP contribution in [-0.2, 0) is 22.9 Å². The monoisotopic (exact) mass is 837 g/mol. The first-order valence-electron chi connectivity index (χ1n) is 23.0. The Kier molecular flexibility index (Phi) is 11.5. The topological polar surface area (TPSA) is 36.1 Å². The second-order valence-corrected chi connectivity index (χ2v) is 18.8. The summed E-state index contributed by atoms with van der Waals surface area (Å²) >= 11 is 0. The number of nitrogens with zero attached hydrogens (tertiary/aromatic N) is 4. The molecule has 0 spiro atoms. The smallest absolute Gasteiger partial charge is 0.295 e. The molecule has 8 aromatic rings. The van der Waals surface area contributed by atoms with Gasteiger partial charge in [0.05, 0.1) is 24.3 Å². The fourth-order valence-corrected chi connectivity index (χ4v) is 10.7. The molecule has 0 amide bonds. The van der Waals surface area contributed by atoms with Crippen molar-refractivity contribution in [2.75, 3.05) is 14.2 Å². The Balaban J connectivity index is 1.47. The normalized spacial score (nSPS) is 16.7. The first kappa shape index (κ1) is 42.5. The molecule has 3 heterocycles. The summed E-state index contributed by atoms with van der Waals surface area (Å²) in [4.78, 5) is 0. The summed E-state index contributed by atoms with van der Waals surface area (Å²) in [6, 6.07) is 49.4. The van der Waals surface area contributed by atoms with Crippen molar-refractivity contribution < 1.29 is 18.6 Å². The molecule has 0 N–H and O–H groups in total. The van der Waals surface area contributed by atoms with Crippen molar-refractivity contribution in [1.29, 1.82) is 0 Å². The Labute approximate surface area is 374 Å². The predicted molar refractivity (Wildman–Crippen MR) is 259 cm³/mol. The lowest BCUT2D eigenvalue weighted by Crippen LogP contribution is -2.54. The molecule has 0 bridgehead atoms. The molecule has 3 unspecified atom stereocenters. The maximum atomic E-state index is 6.88. The summed E-state index contributed by atoms with van der Waals surface area (Å²) < 4.78 is 23.7. The third kappa shape index (κ3) is 6.94. The van der Waals surface area contributed by atoms with Crippen molar-refractivity contribution in [1.82, 2.24) is 9.13 Å². The van der Waals surface area contributed by atoms with Gasteiger partial charge in [-0.15, -0.1) is 0 Å². The van der Waals surface area contributed by atoms with Gasteiger partial charge in [-0.1, -0.05) is 152 Å². The summed E-state index contributed by atoms with van der Waals surface area (Å²) in [7, 11) is 5.95. The van der Waals surface area contributed by atoms with Crippen LogP contribution < -0.4 is 9.13 Å². The number of para-hydroxylation sites is 6. The average Bonchev–Trinajstić information content (AvgIpc) is 3.77. The van der Waals surface area contributed by atoms with E-state index in [1.165, 1.54) is 61.4 Å². The molecular weight excluding hydrogens is 773 g/mol. The highest BCUT2D eigenvalue weighted by molar-refractivity contribution is 5.83. The predicted octanol–water partition coefficient (Wildman–Crippen LogP) is 12.7. The lowest BCUT2D eigenvalue weighted by atomic mass is 9.86. The van der Waals surface area contributed by atoms with E-state index in [0.717, 1.165) is 28.2 Å². The Bertz CT molecular complexity index is 2910. The van der Waals surface area contributed by atoms with Crippen molar-refractivity contribution in [2.24, 2.45) is 7.05 Å². The number of ether oxygens (including phenoxy) is 2. The van der Waals surface area contributed by atoms with Crippen molar-refractivity contribution in [2.45, 2.75) is 104 Å². The van der Waals surface area contributed by atoms with E-state index in [-0.39, 0.29) is 18.2 Å². The molecular formula is C57H64N4O2+2. The Hall–Kier alpha value is -5.82. The number of benzene rings is 6. The quantitative estimate of drug-likeness (QED) is 0.129. The number of hydrogen-bond acceptors (Lipinski definition) is 2. The van der Waals surface area contributed by atoms with E-state index in [9.17, 15) is 0 Å². The summed E-state index contributed by atoms with van der Waals surface area (Å²) in [5.41, 5.74) is 17.3. The number of aromatic nitrogens is 4. The molecule has 322 valence electrons. The van der Waals surface area contributed by atoms with Crippen LogP contribution in [-0.4, -0.2) is 35.6 Å². The molecule has 0 fully saturated rings. The first-order valence-corrected chi connectivity index (χ1v) is 23.0. The van der Waals surface area contributed by atoms with Crippen LogP contribution in [0.1, 0.15) is 118 Å². The van der Waals surface area contributed by atoms with E-state index < -0.39 is 0 Å². The van der Waals surface area contributed by atoms with Gasteiger partial charge in [-0.25, -0.2) is 9.13 Å². The van der Waals surface area contributed by atoms with Gasteiger partial charge >= 0.3 is 0 Å². The minimum atomic E-state index is -0.366. The SMILES string of the molecule is COC1Cc2ccccc2-c2n(-c3c(C(C)C)cccc3C(C)C)c3ccccc3[n+]2C(c2ccccc2-c2n(-c3c(C(C)C)cccc3C(C)C)c3ccccc3[n+]2C)C1OC. The molecule has 0 aliphatic carbocycles. The van der Waals surface area contributed by atoms with Gasteiger partial charge < -0.3 is 9.47 Å². The lowest BCUT2D eigenvalue weighted by molar-refractivity contribution is -0.688. The summed E-state index contributed by atoms with van der Waals surface area (Å²) in [5, 5.41) is 0. The van der Waals surface area contributed by atoms with Crippen molar-refractivity contribution in [3.8, 4) is 34.2 Å². The number of methoxy groups -OCH3 is 2. The summed E-state index contributed by atoms with van der Waals surface area (Å²) in [6.07, 6.45) is 0.0802. The van der Waals surface area contributed by atoms with Gasteiger partial charge in [-0.3, -0.25) is 0 Å². The number of rotatable bonds is 10. The van der Waals surface area contributed by atoms with Gasteiger partial charge in [0.1, 0.15) is 17.5 Å². The molecule has 1 aliphatic heterocycles. The number of aryl methyl sites for hydroxylation is 1. The van der Waals surface area contributed by atoms with Crippen LogP contribution in [0.25, 0.3) is 56.2 Å². The van der Waals surface area contributed by atoms with Crippen molar-refractivity contribution in [3.05, 3.63) is 167 Å². The van der Waals surface area contributed by atoms with Crippen LogP contribution in [0.5, 0.6) is 0 Å². The van der Waals surface area contributed by atoms with Gasteiger partial charge in [0, 0.05) is 48.5 Å². The number of hydrogen-bond donors (Lipinski definition) is 0. The standard InChI is InChI=1S/C57H64N4O2/c1-35(2)40-26-20-27-41(36(3)4)52(40)59-48-31-17-16-30-47(48)58(9)56(59)46-25-15-14-24-45(46)54-55(63-11)51(62-10)34-39-22-12-13-23-44(39)57-60(49-32-18-19-33-50(49)61(54)57)53-42(37(5)6)28-21-29-43(53)38(7)8/h12-33,35-38,51,54-55H,34H2,1-11H3/q+2. The zero-order valence-corrected chi connectivity index (χ0v) is 39.1. The maximum absolute atomic E-state index is 6.88. The van der Waals surface area contributed by atoms with E-state index in [1.807, 2.05) is 14.2 Å². The zero-order valence-electron chi connectivity index (χ0n) is 39.1. The Morgan fingerprint density at radius 3 is 1.49 bits per heavy atom. The minimum Gasteiger partial charge on any atom is -0.378 e. The second kappa shape index (κ2) is 17.0. The van der Waals surface area contributed by atoms with Crippen LogP contribution in [0.2, 0.25) is 0 Å². The molecule has 3 atom stereocenters. The molecule has 1 aliphatic rings. The van der Waals surface area contributed by atoms with Crippen molar-refractivity contribution in [3.63, 3.8) is 0 Å². The number of fused-ring (bicyclic) bond motifs is 6. The minimum absolute atomic E-state index is 0.250. The highest BCUT2D eigenvalue weighted by atomic mass is 16.5. The van der Waals surface area contributed by atoms with Gasteiger partial charge in [-0.05, 0) is 65.6 Å². The Morgan fingerprint density at radius 2 is 0.952 bits per heavy atom. The summed E-state index contributed by atoms with van der Waals surface area (Å²) in [5.74, 6) is 3.51. The molecule has 63 heavy (non-hydrogen) atoms. The molecule has 0 radical (unpaired) electrons. The molecule has 0 saturated carbocycles. The van der Waals surface area contributed by atoms with Crippen LogP contribution in [0.15, 0.2) is 133 Å². The first-order chi connectivity index (χ1) is 30.5. The second-order valence-electron chi connectivity index (χ2n) is 18.8. The van der Waals surface area contributed by atoms with Gasteiger partial charge in [-0.2, -0.15) is 9.13 Å². The molecule has 2 aromatic heterocycles. The van der Waals surface area contributed by atoms with Gasteiger partial charge in [0.15, 0.2) is 28.1 Å². The molecule has 9 rings (SSSR count). The van der Waals surface area contributed by atoms with Crippen LogP contribution in [0, 0.1) is 0 Å². The largest absolute Gasteiger partial charge is 0.378 e. The van der Waals surface area contributed by atoms with Gasteiger partial charge in [0.2, 0.25) is 0 Å². The molecule has 6 aromatic carbocycles. The van der Waals surface area contributed by atoms with E-state index in [4.69, 9.17) is 9.47 Å². The number of imidazole rings is 2. The van der Waals surface area contributed by atoms with E-state index in [1.54, 1.807) is 0 Å². The fourth-order valence-electron chi connectivity index (χ4n) is 10.7. The summed E-state index contributed by atoms with van der Waals surface area (Å²) in [6.45, 7) is 18.6. The van der Waals surface area contributed by atoms with Crippen LogP contribution >= 0.6 is 0 Å². The highest BCUT2D eigenvalue weighted by Crippen LogP contribution is 2.44. The molecule has 0 saturated heterocycles. The van der Waals surface area contributed by atoms with Crippen LogP contribution in [0.4, 0.5) is 0 Å². The molecule has 6 heteroatoms. The molecule has 6 nitrogen and oxygen atoms in total. The highest BCUT2D eigenvalue weighted by Gasteiger charge is 2.46.